The summed E-state index contributed by atoms with van der Waals surface area (Å²) in [5.41, 5.74) is -0.269. The number of nitrogens with one attached hydrogen (secondary N) is 1. The van der Waals surface area contributed by atoms with E-state index in [0.717, 1.165) is 6.07 Å². The zero-order chi connectivity index (χ0) is 13.6. The Morgan fingerprint density at radius 3 is 2.72 bits per heavy atom. The van der Waals surface area contributed by atoms with Crippen LogP contribution in [0.3, 0.4) is 0 Å². The fraction of sp³-hybridized carbons (Fsp3) is 0.200. The molecule has 0 fully saturated rings. The summed E-state index contributed by atoms with van der Waals surface area (Å²) in [6.07, 6.45) is 3.15. The molecule has 0 aliphatic rings. The number of alkyl halides is 1. The van der Waals surface area contributed by atoms with Crippen LogP contribution in [-0.4, -0.2) is 25.8 Å². The fourth-order valence-electron chi connectivity index (χ4n) is 1.15. The average Bonchev–Trinajstić information content (AvgIpc) is 2.35. The first kappa shape index (κ1) is 14.6. The molecule has 18 heavy (non-hydrogen) atoms. The van der Waals surface area contributed by atoms with Crippen LogP contribution in [0.1, 0.15) is 0 Å². The summed E-state index contributed by atoms with van der Waals surface area (Å²) in [6.45, 7) is 0.0811. The van der Waals surface area contributed by atoms with Crippen molar-refractivity contribution < 1.29 is 13.3 Å². The van der Waals surface area contributed by atoms with E-state index in [0.29, 0.717) is 5.88 Å². The minimum absolute atomic E-state index is 0.0811. The smallest absolute Gasteiger partial charge is 0.258 e. The molecule has 0 saturated heterocycles. The number of hydrogen-bond donors (Lipinski definition) is 1. The summed E-state index contributed by atoms with van der Waals surface area (Å²) in [5.74, 6) is 0.290. The third kappa shape index (κ3) is 4.10. The lowest BCUT2D eigenvalue weighted by molar-refractivity contribution is -0.385. The highest BCUT2D eigenvalue weighted by molar-refractivity contribution is 7.89. The van der Waals surface area contributed by atoms with Crippen molar-refractivity contribution >= 4 is 27.3 Å². The van der Waals surface area contributed by atoms with Gasteiger partial charge in [-0.1, -0.05) is 18.2 Å². The van der Waals surface area contributed by atoms with Crippen molar-refractivity contribution in [1.82, 2.24) is 4.72 Å². The Kier molecular flexibility index (Phi) is 5.26. The Bertz CT molecular complexity index is 557. The predicted octanol–water partition coefficient (Wildman–Crippen LogP) is 1.67. The quantitative estimate of drug-likeness (QED) is 0.373. The maximum absolute atomic E-state index is 11.8. The van der Waals surface area contributed by atoms with Gasteiger partial charge < -0.3 is 0 Å². The molecule has 0 aromatic heterocycles. The molecule has 0 atom stereocenters. The molecule has 8 heteroatoms. The first-order chi connectivity index (χ1) is 8.47. The molecular formula is C10H11ClN2O4S. The molecule has 1 rings (SSSR count). The van der Waals surface area contributed by atoms with E-state index in [4.69, 9.17) is 11.6 Å². The summed E-state index contributed by atoms with van der Waals surface area (Å²) in [6, 6.07) is 4.85. The molecule has 0 unspecified atom stereocenters. The normalized spacial score (nSPS) is 11.8. The molecule has 0 bridgehead atoms. The van der Waals surface area contributed by atoms with Crippen molar-refractivity contribution in [3.8, 4) is 0 Å². The monoisotopic (exact) mass is 290 g/mol. The van der Waals surface area contributed by atoms with Crippen LogP contribution in [0, 0.1) is 10.1 Å². The second-order valence-electron chi connectivity index (χ2n) is 3.23. The number of rotatable bonds is 6. The molecule has 6 nitrogen and oxygen atoms in total. The summed E-state index contributed by atoms with van der Waals surface area (Å²) < 4.78 is 25.8. The first-order valence-electron chi connectivity index (χ1n) is 4.92. The zero-order valence-corrected chi connectivity index (χ0v) is 10.8. The van der Waals surface area contributed by atoms with Crippen molar-refractivity contribution in [2.45, 2.75) is 4.90 Å². The van der Waals surface area contributed by atoms with E-state index in [-0.39, 0.29) is 17.1 Å². The van der Waals surface area contributed by atoms with E-state index in [1.54, 1.807) is 12.2 Å². The second kappa shape index (κ2) is 6.48. The maximum Gasteiger partial charge on any atom is 0.270 e. The molecule has 0 aliphatic heterocycles. The van der Waals surface area contributed by atoms with Gasteiger partial charge in [-0.2, -0.15) is 0 Å². The Hall–Kier alpha value is -1.44. The number of sulfonamides is 1. The lowest BCUT2D eigenvalue weighted by atomic mass is 10.3. The van der Waals surface area contributed by atoms with Gasteiger partial charge in [-0.05, 0) is 6.07 Å². The topological polar surface area (TPSA) is 89.3 Å². The molecule has 0 amide bonds. The SMILES string of the molecule is O=[N+]([O-])c1cccc(S(=O)(=O)NC/C=C/CCl)c1. The number of allylic oxidation sites excluding steroid dienone is 1. The van der Waals surface area contributed by atoms with Gasteiger partial charge in [0.15, 0.2) is 0 Å². The van der Waals surface area contributed by atoms with Gasteiger partial charge in [-0.15, -0.1) is 11.6 Å². The molecule has 1 aromatic carbocycles. The van der Waals surface area contributed by atoms with Gasteiger partial charge >= 0.3 is 0 Å². The van der Waals surface area contributed by atoms with Crippen molar-refractivity contribution in [2.75, 3.05) is 12.4 Å². The highest BCUT2D eigenvalue weighted by Crippen LogP contribution is 2.16. The number of nitro benzene ring substituents is 1. The van der Waals surface area contributed by atoms with Crippen molar-refractivity contribution in [3.63, 3.8) is 0 Å². The lowest BCUT2D eigenvalue weighted by Gasteiger charge is -2.04. The Morgan fingerprint density at radius 1 is 1.39 bits per heavy atom. The van der Waals surface area contributed by atoms with Crippen LogP contribution in [0.15, 0.2) is 41.3 Å². The van der Waals surface area contributed by atoms with Crippen LogP contribution in [0.25, 0.3) is 0 Å². The second-order valence-corrected chi connectivity index (χ2v) is 5.31. The van der Waals surface area contributed by atoms with Crippen molar-refractivity contribution in [3.05, 3.63) is 46.5 Å². The van der Waals surface area contributed by atoms with Crippen molar-refractivity contribution in [2.24, 2.45) is 0 Å². The van der Waals surface area contributed by atoms with Crippen LogP contribution < -0.4 is 4.72 Å². The van der Waals surface area contributed by atoms with Gasteiger partial charge in [-0.25, -0.2) is 13.1 Å². The third-order valence-corrected chi connectivity index (χ3v) is 3.59. The van der Waals surface area contributed by atoms with Gasteiger partial charge in [0, 0.05) is 24.6 Å². The zero-order valence-electron chi connectivity index (χ0n) is 9.24. The largest absolute Gasteiger partial charge is 0.270 e. The molecule has 0 radical (unpaired) electrons. The minimum Gasteiger partial charge on any atom is -0.258 e. The number of benzene rings is 1. The van der Waals surface area contributed by atoms with Crippen LogP contribution in [0.4, 0.5) is 5.69 Å². The van der Waals surface area contributed by atoms with Gasteiger partial charge in [0.05, 0.1) is 9.82 Å². The number of halogens is 1. The van der Waals surface area contributed by atoms with Crippen LogP contribution in [-0.2, 0) is 10.0 Å². The van der Waals surface area contributed by atoms with E-state index in [2.05, 4.69) is 4.72 Å². The average molecular weight is 291 g/mol. The van der Waals surface area contributed by atoms with Gasteiger partial charge in [-0.3, -0.25) is 10.1 Å². The van der Waals surface area contributed by atoms with E-state index in [1.165, 1.54) is 18.2 Å². The number of non-ortho nitro benzene ring substituents is 1. The van der Waals surface area contributed by atoms with Gasteiger partial charge in [0.25, 0.3) is 5.69 Å². The highest BCUT2D eigenvalue weighted by Gasteiger charge is 2.16. The molecule has 0 heterocycles. The number of nitro groups is 1. The summed E-state index contributed by atoms with van der Waals surface area (Å²) in [4.78, 5) is 9.75. The first-order valence-corrected chi connectivity index (χ1v) is 6.94. The van der Waals surface area contributed by atoms with Crippen LogP contribution in [0.2, 0.25) is 0 Å². The maximum atomic E-state index is 11.8. The molecule has 1 N–H and O–H groups in total. The number of hydrogen-bond acceptors (Lipinski definition) is 4. The molecule has 98 valence electrons. The lowest BCUT2D eigenvalue weighted by Crippen LogP contribution is -2.23. The Morgan fingerprint density at radius 2 is 2.11 bits per heavy atom. The predicted molar refractivity (Wildman–Crippen MR) is 68.1 cm³/mol. The van der Waals surface area contributed by atoms with Crippen LogP contribution in [0.5, 0.6) is 0 Å². The molecule has 0 saturated carbocycles. The Balaban J connectivity index is 2.88. The molecule has 0 spiro atoms. The van der Waals surface area contributed by atoms with Crippen LogP contribution >= 0.6 is 11.6 Å². The molecule has 0 aliphatic carbocycles. The summed E-state index contributed by atoms with van der Waals surface area (Å²) in [5, 5.41) is 10.5. The van der Waals surface area contributed by atoms with E-state index >= 15 is 0 Å². The van der Waals surface area contributed by atoms with E-state index in [9.17, 15) is 18.5 Å². The summed E-state index contributed by atoms with van der Waals surface area (Å²) >= 11 is 5.39. The van der Waals surface area contributed by atoms with Gasteiger partial charge in [0.2, 0.25) is 10.0 Å². The Labute approximate surface area is 109 Å². The number of nitrogens with zero attached hydrogens (tertiary/aromatic N) is 1. The minimum atomic E-state index is -3.75. The molecule has 1 aromatic rings. The third-order valence-electron chi connectivity index (χ3n) is 1.99. The van der Waals surface area contributed by atoms with Gasteiger partial charge in [0.1, 0.15) is 0 Å². The standard InChI is InChI=1S/C10H11ClN2O4S/c11-6-1-2-7-12-18(16,17)10-5-3-4-9(8-10)13(14)15/h1-5,8,12H,6-7H2/b2-1+. The highest BCUT2D eigenvalue weighted by atomic mass is 35.5. The molecular weight excluding hydrogens is 280 g/mol. The summed E-state index contributed by atoms with van der Waals surface area (Å²) in [7, 11) is -3.75. The van der Waals surface area contributed by atoms with E-state index in [1.807, 2.05) is 0 Å². The van der Waals surface area contributed by atoms with Crippen molar-refractivity contribution in [1.29, 1.82) is 0 Å². The van der Waals surface area contributed by atoms with E-state index < -0.39 is 14.9 Å². The fourth-order valence-corrected chi connectivity index (χ4v) is 2.29.